The molecule has 1 heterocycles. The van der Waals surface area contributed by atoms with Gasteiger partial charge in [-0.05, 0) is 49.7 Å². The van der Waals surface area contributed by atoms with Gasteiger partial charge in [-0.15, -0.1) is 0 Å². The molecule has 0 bridgehead atoms. The first-order valence-electron chi connectivity index (χ1n) is 9.47. The number of nitrogens with zero attached hydrogens (tertiary/aromatic N) is 2. The van der Waals surface area contributed by atoms with E-state index in [1.165, 1.54) is 0 Å². The van der Waals surface area contributed by atoms with Gasteiger partial charge in [0, 0.05) is 5.56 Å². The Morgan fingerprint density at radius 1 is 1.26 bits per heavy atom. The Morgan fingerprint density at radius 3 is 2.59 bits per heavy atom. The second-order valence-electron chi connectivity index (χ2n) is 8.76. The van der Waals surface area contributed by atoms with E-state index in [0.717, 1.165) is 35.3 Å². The van der Waals surface area contributed by atoms with E-state index >= 15 is 0 Å². The van der Waals surface area contributed by atoms with Gasteiger partial charge in [0.2, 0.25) is 11.8 Å². The van der Waals surface area contributed by atoms with Crippen LogP contribution >= 0.6 is 0 Å². The lowest BCUT2D eigenvalue weighted by Crippen LogP contribution is -2.44. The number of benzene rings is 1. The van der Waals surface area contributed by atoms with E-state index in [-0.39, 0.29) is 17.4 Å². The maximum Gasteiger partial charge on any atom is 0.236 e. The van der Waals surface area contributed by atoms with Crippen LogP contribution in [0.25, 0.3) is 5.69 Å². The fourth-order valence-electron chi connectivity index (χ4n) is 4.19. The summed E-state index contributed by atoms with van der Waals surface area (Å²) in [5.74, 6) is -0.766. The van der Waals surface area contributed by atoms with Gasteiger partial charge in [-0.25, -0.2) is 4.68 Å². The number of hydrogen-bond donors (Lipinski definition) is 2. The van der Waals surface area contributed by atoms with Crippen molar-refractivity contribution in [1.82, 2.24) is 15.1 Å². The summed E-state index contributed by atoms with van der Waals surface area (Å²) >= 11 is 0. The number of carbonyl (C=O) groups is 2. The molecule has 2 amide bonds. The van der Waals surface area contributed by atoms with Crippen molar-refractivity contribution in [2.45, 2.75) is 52.5 Å². The number of aromatic nitrogens is 2. The van der Waals surface area contributed by atoms with Gasteiger partial charge in [0.05, 0.1) is 23.6 Å². The van der Waals surface area contributed by atoms with Gasteiger partial charge in [-0.3, -0.25) is 9.59 Å². The molecule has 1 fully saturated rings. The SMILES string of the molecule is Cc1ccccc1-n1ncc2c1CC(C)(C)C[C@@H]2NC(=O)C1(C(N)=O)CC1. The molecular weight excluding hydrogens is 340 g/mol. The lowest BCUT2D eigenvalue weighted by molar-refractivity contribution is -0.136. The average molecular weight is 366 g/mol. The van der Waals surface area contributed by atoms with E-state index in [2.05, 4.69) is 43.3 Å². The molecule has 2 aliphatic rings. The van der Waals surface area contributed by atoms with Crippen molar-refractivity contribution in [2.24, 2.45) is 16.6 Å². The molecule has 0 unspecified atom stereocenters. The van der Waals surface area contributed by atoms with E-state index in [9.17, 15) is 9.59 Å². The average Bonchev–Trinajstić information content (AvgIpc) is 3.31. The van der Waals surface area contributed by atoms with Crippen LogP contribution in [-0.4, -0.2) is 21.6 Å². The fraction of sp³-hybridized carbons (Fsp3) is 0.476. The van der Waals surface area contributed by atoms with Gasteiger partial charge >= 0.3 is 0 Å². The van der Waals surface area contributed by atoms with Crippen LogP contribution in [0.4, 0.5) is 0 Å². The van der Waals surface area contributed by atoms with Crippen LogP contribution in [0.2, 0.25) is 0 Å². The first-order valence-corrected chi connectivity index (χ1v) is 9.47. The van der Waals surface area contributed by atoms with Crippen molar-refractivity contribution in [1.29, 1.82) is 0 Å². The normalized spacial score (nSPS) is 22.0. The molecule has 1 saturated carbocycles. The van der Waals surface area contributed by atoms with Crippen LogP contribution in [0.1, 0.15) is 56.0 Å². The monoisotopic (exact) mass is 366 g/mol. The molecule has 1 aromatic heterocycles. The summed E-state index contributed by atoms with van der Waals surface area (Å²) in [6, 6.07) is 7.99. The lowest BCUT2D eigenvalue weighted by atomic mass is 9.74. The lowest BCUT2D eigenvalue weighted by Gasteiger charge is -2.36. The van der Waals surface area contributed by atoms with Crippen LogP contribution in [0.15, 0.2) is 30.5 Å². The highest BCUT2D eigenvalue weighted by molar-refractivity contribution is 6.07. The van der Waals surface area contributed by atoms with Gasteiger partial charge in [0.1, 0.15) is 5.41 Å². The third-order valence-electron chi connectivity index (χ3n) is 5.98. The second-order valence-corrected chi connectivity index (χ2v) is 8.76. The van der Waals surface area contributed by atoms with Crippen molar-refractivity contribution < 1.29 is 9.59 Å². The number of hydrogen-bond acceptors (Lipinski definition) is 3. The number of nitrogens with one attached hydrogen (secondary N) is 1. The molecule has 0 radical (unpaired) electrons. The van der Waals surface area contributed by atoms with Crippen molar-refractivity contribution in [2.75, 3.05) is 0 Å². The quantitative estimate of drug-likeness (QED) is 0.815. The molecule has 0 spiro atoms. The molecule has 6 heteroatoms. The maximum absolute atomic E-state index is 12.7. The minimum atomic E-state index is -1.01. The van der Waals surface area contributed by atoms with Gasteiger partial charge in [-0.2, -0.15) is 5.10 Å². The Kier molecular flexibility index (Phi) is 3.91. The summed E-state index contributed by atoms with van der Waals surface area (Å²) in [6.45, 7) is 6.47. The van der Waals surface area contributed by atoms with Crippen LogP contribution < -0.4 is 11.1 Å². The van der Waals surface area contributed by atoms with Gasteiger partial charge in [0.15, 0.2) is 0 Å². The Hall–Kier alpha value is -2.63. The molecule has 0 aliphatic heterocycles. The number of fused-ring (bicyclic) bond motifs is 1. The summed E-state index contributed by atoms with van der Waals surface area (Å²) < 4.78 is 1.99. The standard InChI is InChI=1S/C21H26N4O2/c1-13-6-4-5-7-16(13)25-17-11-20(2,3)10-15(14(17)12-23-25)24-19(27)21(8-9-21)18(22)26/h4-7,12,15H,8-11H2,1-3H3,(H2,22,26)(H,24,27)/t15-/m0/s1. The number of carbonyl (C=O) groups excluding carboxylic acids is 2. The zero-order valence-electron chi connectivity index (χ0n) is 16.1. The Balaban J connectivity index is 1.70. The largest absolute Gasteiger partial charge is 0.369 e. The molecule has 3 N–H and O–H groups in total. The molecular formula is C21H26N4O2. The summed E-state index contributed by atoms with van der Waals surface area (Å²) in [5.41, 5.74) is 8.83. The van der Waals surface area contributed by atoms with Gasteiger partial charge in [-0.1, -0.05) is 32.0 Å². The topological polar surface area (TPSA) is 90.0 Å². The minimum absolute atomic E-state index is 0.00878. The number of primary amides is 1. The summed E-state index contributed by atoms with van der Waals surface area (Å²) in [6.07, 6.45) is 4.62. The zero-order valence-corrected chi connectivity index (χ0v) is 16.1. The highest BCUT2D eigenvalue weighted by atomic mass is 16.2. The molecule has 2 aliphatic carbocycles. The number of amides is 2. The fourth-order valence-corrected chi connectivity index (χ4v) is 4.19. The van der Waals surface area contributed by atoms with E-state index in [1.54, 1.807) is 0 Å². The molecule has 27 heavy (non-hydrogen) atoms. The van der Waals surface area contributed by atoms with Crippen LogP contribution in [0.3, 0.4) is 0 Å². The Bertz CT molecular complexity index is 924. The van der Waals surface area contributed by atoms with Crippen LogP contribution in [0.5, 0.6) is 0 Å². The maximum atomic E-state index is 12.7. The Morgan fingerprint density at radius 2 is 1.96 bits per heavy atom. The molecule has 0 saturated heterocycles. The van der Waals surface area contributed by atoms with Crippen LogP contribution in [0, 0.1) is 17.8 Å². The predicted octanol–water partition coefficient (Wildman–Crippen LogP) is 2.58. The third kappa shape index (κ3) is 2.93. The van der Waals surface area contributed by atoms with Crippen molar-refractivity contribution in [3.63, 3.8) is 0 Å². The zero-order chi connectivity index (χ0) is 19.4. The van der Waals surface area contributed by atoms with E-state index < -0.39 is 11.3 Å². The van der Waals surface area contributed by atoms with E-state index in [0.29, 0.717) is 12.8 Å². The summed E-state index contributed by atoms with van der Waals surface area (Å²) in [5, 5.41) is 7.74. The van der Waals surface area contributed by atoms with E-state index in [1.807, 2.05) is 23.0 Å². The smallest absolute Gasteiger partial charge is 0.236 e. The molecule has 6 nitrogen and oxygen atoms in total. The first-order chi connectivity index (χ1) is 12.7. The number of aryl methyl sites for hydroxylation is 1. The molecule has 1 aromatic carbocycles. The molecule has 1 atom stereocenters. The minimum Gasteiger partial charge on any atom is -0.369 e. The van der Waals surface area contributed by atoms with Crippen molar-refractivity contribution >= 4 is 11.8 Å². The number of nitrogens with two attached hydrogens (primary N) is 1. The summed E-state index contributed by atoms with van der Waals surface area (Å²) in [4.78, 5) is 24.5. The number of rotatable bonds is 4. The third-order valence-corrected chi connectivity index (χ3v) is 5.98. The highest BCUT2D eigenvalue weighted by Crippen LogP contribution is 2.47. The molecule has 2 aromatic rings. The molecule has 4 rings (SSSR count). The van der Waals surface area contributed by atoms with Crippen molar-refractivity contribution in [3.05, 3.63) is 47.3 Å². The van der Waals surface area contributed by atoms with Crippen LogP contribution in [-0.2, 0) is 16.0 Å². The number of para-hydroxylation sites is 1. The molecule has 142 valence electrons. The van der Waals surface area contributed by atoms with E-state index in [4.69, 9.17) is 5.73 Å². The summed E-state index contributed by atoms with van der Waals surface area (Å²) in [7, 11) is 0. The highest BCUT2D eigenvalue weighted by Gasteiger charge is 2.56. The van der Waals surface area contributed by atoms with Crippen molar-refractivity contribution in [3.8, 4) is 5.69 Å². The Labute approximate surface area is 159 Å². The first kappa shape index (κ1) is 17.8. The van der Waals surface area contributed by atoms with Gasteiger partial charge in [0.25, 0.3) is 0 Å². The second kappa shape index (κ2) is 5.94. The predicted molar refractivity (Wildman–Crippen MR) is 102 cm³/mol. The van der Waals surface area contributed by atoms with Gasteiger partial charge < -0.3 is 11.1 Å².